The molecular weight excluding hydrogens is 244 g/mol. The van der Waals surface area contributed by atoms with Crippen LogP contribution in [0.15, 0.2) is 12.1 Å². The standard InChI is InChI=1S/C16H15F2N/c1-11-4-6-12(7-5-11)13-9-15(17)14(3-2-8-19)16(18)10-13/h9-12H,4-7H2,1H3. The third-order valence-electron chi connectivity index (χ3n) is 3.80. The molecule has 0 N–H and O–H groups in total. The fraction of sp³-hybridized carbons (Fsp3) is 0.438. The molecule has 1 aromatic rings. The van der Waals surface area contributed by atoms with Crippen molar-refractivity contribution < 1.29 is 8.78 Å². The van der Waals surface area contributed by atoms with Crippen molar-refractivity contribution in [3.05, 3.63) is 34.9 Å². The molecule has 1 aliphatic rings. The van der Waals surface area contributed by atoms with Crippen LogP contribution in [0.1, 0.15) is 49.7 Å². The number of nitriles is 1. The van der Waals surface area contributed by atoms with Crippen LogP contribution in [0.4, 0.5) is 8.78 Å². The summed E-state index contributed by atoms with van der Waals surface area (Å²) in [4.78, 5) is 0. The summed E-state index contributed by atoms with van der Waals surface area (Å²) < 4.78 is 27.6. The summed E-state index contributed by atoms with van der Waals surface area (Å²) >= 11 is 0. The molecule has 2 rings (SSSR count). The summed E-state index contributed by atoms with van der Waals surface area (Å²) in [5, 5.41) is 8.32. The van der Waals surface area contributed by atoms with Crippen molar-refractivity contribution in [1.82, 2.24) is 0 Å². The van der Waals surface area contributed by atoms with Gasteiger partial charge in [0, 0.05) is 5.92 Å². The van der Waals surface area contributed by atoms with Gasteiger partial charge < -0.3 is 0 Å². The molecule has 0 unspecified atom stereocenters. The zero-order chi connectivity index (χ0) is 13.8. The van der Waals surface area contributed by atoms with Crippen LogP contribution >= 0.6 is 0 Å². The van der Waals surface area contributed by atoms with E-state index in [0.717, 1.165) is 25.7 Å². The van der Waals surface area contributed by atoms with E-state index in [2.05, 4.69) is 12.8 Å². The van der Waals surface area contributed by atoms with E-state index in [1.807, 2.05) is 5.92 Å². The van der Waals surface area contributed by atoms with E-state index < -0.39 is 11.6 Å². The lowest BCUT2D eigenvalue weighted by Crippen LogP contribution is -2.11. The Morgan fingerprint density at radius 2 is 1.68 bits per heavy atom. The first kappa shape index (κ1) is 13.6. The topological polar surface area (TPSA) is 23.8 Å². The minimum Gasteiger partial charge on any atom is -0.206 e. The fourth-order valence-corrected chi connectivity index (χ4v) is 2.63. The van der Waals surface area contributed by atoms with E-state index in [0.29, 0.717) is 11.5 Å². The predicted octanol–water partition coefficient (Wildman–Crippen LogP) is 4.13. The van der Waals surface area contributed by atoms with Crippen LogP contribution in [0.3, 0.4) is 0 Å². The van der Waals surface area contributed by atoms with E-state index in [1.54, 1.807) is 6.07 Å². The molecule has 1 aliphatic carbocycles. The van der Waals surface area contributed by atoms with Gasteiger partial charge in [0.2, 0.25) is 0 Å². The fourth-order valence-electron chi connectivity index (χ4n) is 2.63. The molecule has 0 spiro atoms. The molecule has 19 heavy (non-hydrogen) atoms. The number of halogens is 2. The molecule has 0 aromatic heterocycles. The molecule has 1 aromatic carbocycles. The molecule has 0 saturated heterocycles. The van der Waals surface area contributed by atoms with Gasteiger partial charge in [-0.15, -0.1) is 0 Å². The van der Waals surface area contributed by atoms with Crippen molar-refractivity contribution >= 4 is 0 Å². The average Bonchev–Trinajstić information content (AvgIpc) is 2.38. The number of hydrogen-bond donors (Lipinski definition) is 0. The van der Waals surface area contributed by atoms with E-state index in [-0.39, 0.29) is 11.5 Å². The van der Waals surface area contributed by atoms with Crippen LogP contribution in [0.5, 0.6) is 0 Å². The zero-order valence-corrected chi connectivity index (χ0v) is 10.8. The van der Waals surface area contributed by atoms with E-state index in [1.165, 1.54) is 12.1 Å². The molecule has 0 aliphatic heterocycles. The Kier molecular flexibility index (Phi) is 4.17. The van der Waals surface area contributed by atoms with Crippen LogP contribution in [0.25, 0.3) is 0 Å². The van der Waals surface area contributed by atoms with Gasteiger partial charge in [0.25, 0.3) is 0 Å². The lowest BCUT2D eigenvalue weighted by atomic mass is 9.79. The van der Waals surface area contributed by atoms with Gasteiger partial charge in [0.1, 0.15) is 11.6 Å². The molecule has 1 fully saturated rings. The highest BCUT2D eigenvalue weighted by Gasteiger charge is 2.21. The zero-order valence-electron chi connectivity index (χ0n) is 10.8. The summed E-state index contributed by atoms with van der Waals surface area (Å²) in [5.74, 6) is 3.83. The molecule has 3 heteroatoms. The maximum atomic E-state index is 13.8. The SMILES string of the molecule is CC1CCC(c2cc(F)c(C#CC#N)c(F)c2)CC1. The first-order valence-electron chi connectivity index (χ1n) is 6.51. The number of rotatable bonds is 1. The Morgan fingerprint density at radius 3 is 2.21 bits per heavy atom. The summed E-state index contributed by atoms with van der Waals surface area (Å²) in [6.45, 7) is 2.21. The van der Waals surface area contributed by atoms with E-state index in [9.17, 15) is 8.78 Å². The highest BCUT2D eigenvalue weighted by atomic mass is 19.1. The van der Waals surface area contributed by atoms with Crippen molar-refractivity contribution in [3.63, 3.8) is 0 Å². The summed E-state index contributed by atoms with van der Waals surface area (Å²) in [7, 11) is 0. The second-order valence-corrected chi connectivity index (χ2v) is 5.18. The maximum Gasteiger partial charge on any atom is 0.152 e. The minimum atomic E-state index is -0.670. The van der Waals surface area contributed by atoms with Gasteiger partial charge in [-0.3, -0.25) is 0 Å². The van der Waals surface area contributed by atoms with Gasteiger partial charge in [-0.25, -0.2) is 8.78 Å². The van der Waals surface area contributed by atoms with Crippen LogP contribution in [0, 0.1) is 40.7 Å². The van der Waals surface area contributed by atoms with E-state index in [4.69, 9.17) is 5.26 Å². The molecule has 1 saturated carbocycles. The molecular formula is C16H15F2N. The van der Waals surface area contributed by atoms with Crippen molar-refractivity contribution in [3.8, 4) is 17.9 Å². The Balaban J connectivity index is 2.27. The van der Waals surface area contributed by atoms with Crippen LogP contribution in [-0.2, 0) is 0 Å². The van der Waals surface area contributed by atoms with Crippen LogP contribution in [0.2, 0.25) is 0 Å². The monoisotopic (exact) mass is 259 g/mol. The van der Waals surface area contributed by atoms with Crippen molar-refractivity contribution in [2.45, 2.75) is 38.5 Å². The van der Waals surface area contributed by atoms with Crippen molar-refractivity contribution in [2.24, 2.45) is 5.92 Å². The highest BCUT2D eigenvalue weighted by Crippen LogP contribution is 2.36. The number of nitrogens with zero attached hydrogens (tertiary/aromatic N) is 1. The lowest BCUT2D eigenvalue weighted by molar-refractivity contribution is 0.346. The second kappa shape index (κ2) is 5.85. The summed E-state index contributed by atoms with van der Waals surface area (Å²) in [5.41, 5.74) is 0.402. The Morgan fingerprint density at radius 1 is 1.11 bits per heavy atom. The van der Waals surface area contributed by atoms with Gasteiger partial charge in [-0.2, -0.15) is 5.26 Å². The third-order valence-corrected chi connectivity index (χ3v) is 3.80. The molecule has 0 atom stereocenters. The normalized spacial score (nSPS) is 22.2. The molecule has 98 valence electrons. The summed E-state index contributed by atoms with van der Waals surface area (Å²) in [6.07, 6.45) is 4.15. The number of hydrogen-bond acceptors (Lipinski definition) is 1. The second-order valence-electron chi connectivity index (χ2n) is 5.18. The molecule has 0 bridgehead atoms. The van der Waals surface area contributed by atoms with Gasteiger partial charge in [0.05, 0.1) is 5.56 Å². The van der Waals surface area contributed by atoms with Crippen LogP contribution in [-0.4, -0.2) is 0 Å². The minimum absolute atomic E-state index is 0.234. The van der Waals surface area contributed by atoms with E-state index >= 15 is 0 Å². The largest absolute Gasteiger partial charge is 0.206 e. The first-order chi connectivity index (χ1) is 9.11. The van der Waals surface area contributed by atoms with Gasteiger partial charge in [0.15, 0.2) is 6.07 Å². The maximum absolute atomic E-state index is 13.8. The highest BCUT2D eigenvalue weighted by molar-refractivity contribution is 5.42. The summed E-state index contributed by atoms with van der Waals surface area (Å²) in [6, 6.07) is 4.29. The predicted molar refractivity (Wildman–Crippen MR) is 69.2 cm³/mol. The smallest absolute Gasteiger partial charge is 0.152 e. The van der Waals surface area contributed by atoms with Crippen LogP contribution < -0.4 is 0 Å². The Labute approximate surface area is 112 Å². The molecule has 0 amide bonds. The molecule has 0 radical (unpaired) electrons. The average molecular weight is 259 g/mol. The first-order valence-corrected chi connectivity index (χ1v) is 6.51. The van der Waals surface area contributed by atoms with Gasteiger partial charge >= 0.3 is 0 Å². The van der Waals surface area contributed by atoms with Crippen molar-refractivity contribution in [1.29, 1.82) is 5.26 Å². The lowest BCUT2D eigenvalue weighted by Gasteiger charge is -2.26. The third kappa shape index (κ3) is 3.12. The molecule has 1 nitrogen and oxygen atoms in total. The Bertz CT molecular complexity index is 544. The van der Waals surface area contributed by atoms with Gasteiger partial charge in [-0.05, 0) is 48.3 Å². The molecule has 0 heterocycles. The quantitative estimate of drug-likeness (QED) is 0.695. The van der Waals surface area contributed by atoms with Crippen molar-refractivity contribution in [2.75, 3.05) is 0 Å². The van der Waals surface area contributed by atoms with Gasteiger partial charge in [-0.1, -0.05) is 19.8 Å². The Hall–Kier alpha value is -1.87. The number of benzene rings is 1.